The zero-order chi connectivity index (χ0) is 28.6. The van der Waals surface area contributed by atoms with Crippen molar-refractivity contribution in [3.05, 3.63) is 76.1 Å². The van der Waals surface area contributed by atoms with Crippen molar-refractivity contribution >= 4 is 51.8 Å². The fourth-order valence-electron chi connectivity index (χ4n) is 3.74. The second-order valence-electron chi connectivity index (χ2n) is 9.92. The summed E-state index contributed by atoms with van der Waals surface area (Å²) in [5, 5.41) is 18.3. The van der Waals surface area contributed by atoms with Crippen LogP contribution in [0, 0.1) is 22.9 Å². The largest absolute Gasteiger partial charge is 0.507 e. The van der Waals surface area contributed by atoms with Gasteiger partial charge in [0, 0.05) is 41.3 Å². The van der Waals surface area contributed by atoms with Crippen LogP contribution in [0.15, 0.2) is 42.5 Å². The average molecular weight is 560 g/mol. The minimum absolute atomic E-state index is 0.0209. The van der Waals surface area contributed by atoms with Crippen LogP contribution in [0.2, 0.25) is 5.02 Å². The Morgan fingerprint density at radius 3 is 2.46 bits per heavy atom. The molecule has 0 bridgehead atoms. The van der Waals surface area contributed by atoms with Crippen molar-refractivity contribution in [2.75, 3.05) is 10.6 Å². The number of aryl methyl sites for hydroxylation is 1. The summed E-state index contributed by atoms with van der Waals surface area (Å²) in [6.45, 7) is 4.99. The number of aromatic hydroxyl groups is 1. The van der Waals surface area contributed by atoms with Gasteiger partial charge in [0.15, 0.2) is 5.82 Å². The van der Waals surface area contributed by atoms with Gasteiger partial charge in [0.1, 0.15) is 23.1 Å². The van der Waals surface area contributed by atoms with Crippen LogP contribution >= 0.6 is 11.6 Å². The minimum atomic E-state index is -0.909. The normalized spacial score (nSPS) is 11.5. The number of phenols is 1. The topological polar surface area (TPSA) is 108 Å². The summed E-state index contributed by atoms with van der Waals surface area (Å²) in [5.74, 6) is -3.87. The molecule has 0 spiro atoms. The van der Waals surface area contributed by atoms with Gasteiger partial charge in [-0.25, -0.2) is 18.2 Å². The molecule has 4 N–H and O–H groups in total. The second kappa shape index (κ2) is 10.5. The molecule has 0 atom stereocenters. The molecule has 4 rings (SSSR count). The van der Waals surface area contributed by atoms with E-state index in [0.717, 1.165) is 18.2 Å². The average Bonchev–Trinajstić information content (AvgIpc) is 3.13. The van der Waals surface area contributed by atoms with E-state index in [4.69, 9.17) is 11.6 Å². The van der Waals surface area contributed by atoms with Crippen LogP contribution in [0.5, 0.6) is 5.75 Å². The van der Waals surface area contributed by atoms with Crippen LogP contribution in [0.4, 0.5) is 30.5 Å². The first-order chi connectivity index (χ1) is 18.2. The number of hydrogen-bond acceptors (Lipinski definition) is 5. The highest BCUT2D eigenvalue weighted by Crippen LogP contribution is 2.31. The Morgan fingerprint density at radius 2 is 1.79 bits per heavy atom. The zero-order valence-corrected chi connectivity index (χ0v) is 22.2. The van der Waals surface area contributed by atoms with E-state index >= 15 is 4.39 Å². The number of carbonyl (C=O) groups excluding carboxylic acids is 2. The Kier molecular flexibility index (Phi) is 7.47. The highest BCUT2D eigenvalue weighted by Gasteiger charge is 2.23. The number of phenolic OH excluding ortho intramolecular Hbond substituents is 1. The first-order valence-electron chi connectivity index (χ1n) is 11.7. The smallest absolute Gasteiger partial charge is 0.259 e. The number of rotatable bonds is 6. The number of carbonyl (C=O) groups is 2. The van der Waals surface area contributed by atoms with E-state index < -0.39 is 40.2 Å². The molecule has 0 saturated heterocycles. The van der Waals surface area contributed by atoms with Crippen LogP contribution < -0.4 is 16.0 Å². The predicted molar refractivity (Wildman–Crippen MR) is 143 cm³/mol. The van der Waals surface area contributed by atoms with Gasteiger partial charge in [0.05, 0.1) is 16.6 Å². The van der Waals surface area contributed by atoms with E-state index in [2.05, 4.69) is 20.9 Å². The fourth-order valence-corrected chi connectivity index (χ4v) is 3.97. The summed E-state index contributed by atoms with van der Waals surface area (Å²) in [6, 6.07) is 8.35. The molecule has 1 aromatic heterocycles. The number of hydrogen-bond donors (Lipinski definition) is 4. The third-order valence-electron chi connectivity index (χ3n) is 5.89. The lowest BCUT2D eigenvalue weighted by Crippen LogP contribution is -2.34. The van der Waals surface area contributed by atoms with Crippen LogP contribution in [0.1, 0.15) is 36.7 Å². The maximum absolute atomic E-state index is 15.2. The molecule has 0 fully saturated rings. The minimum Gasteiger partial charge on any atom is -0.507 e. The molecule has 0 aliphatic rings. The highest BCUT2D eigenvalue weighted by molar-refractivity contribution is 6.31. The van der Waals surface area contributed by atoms with Crippen LogP contribution in [-0.2, 0) is 18.4 Å². The Balaban J connectivity index is 1.62. The first-order valence-corrected chi connectivity index (χ1v) is 12.1. The van der Waals surface area contributed by atoms with Gasteiger partial charge in [-0.05, 0) is 30.3 Å². The second-order valence-corrected chi connectivity index (χ2v) is 10.4. The maximum Gasteiger partial charge on any atom is 0.259 e. The summed E-state index contributed by atoms with van der Waals surface area (Å²) in [4.78, 5) is 29.3. The summed E-state index contributed by atoms with van der Waals surface area (Å²) in [5.41, 5.74) is -0.607. The molecule has 0 unspecified atom stereocenters. The van der Waals surface area contributed by atoms with E-state index in [9.17, 15) is 23.5 Å². The van der Waals surface area contributed by atoms with E-state index in [0.29, 0.717) is 5.52 Å². The van der Waals surface area contributed by atoms with Crippen LogP contribution in [0.3, 0.4) is 0 Å². The van der Waals surface area contributed by atoms with Crippen molar-refractivity contribution < 1.29 is 27.9 Å². The molecule has 0 radical (unpaired) electrons. The molecule has 1 heterocycles. The van der Waals surface area contributed by atoms with Gasteiger partial charge in [-0.15, -0.1) is 0 Å². The fraction of sp³-hybridized carbons (Fsp3) is 0.222. The third-order valence-corrected chi connectivity index (χ3v) is 6.11. The lowest BCUT2D eigenvalue weighted by atomic mass is 9.95. The van der Waals surface area contributed by atoms with Gasteiger partial charge in [0.25, 0.3) is 5.91 Å². The number of fused-ring (bicyclic) bond motifs is 1. The SMILES string of the molecule is Cn1c(Nc2c(F)ccc(CNC(=O)C(C)(C)C)c2F)nc2cc(C(=O)Nc3cc(F)cc(Cl)c3)c(O)cc21. The number of nitrogens with zero attached hydrogens (tertiary/aromatic N) is 2. The lowest BCUT2D eigenvalue weighted by Gasteiger charge is -2.18. The summed E-state index contributed by atoms with van der Waals surface area (Å²) >= 11 is 5.82. The molecule has 0 aliphatic carbocycles. The first kappa shape index (κ1) is 27.8. The number of nitrogens with one attached hydrogen (secondary N) is 3. The van der Waals surface area contributed by atoms with Gasteiger partial charge in [0.2, 0.25) is 11.9 Å². The van der Waals surface area contributed by atoms with E-state index in [1.165, 1.54) is 28.8 Å². The van der Waals surface area contributed by atoms with E-state index in [-0.39, 0.29) is 45.8 Å². The highest BCUT2D eigenvalue weighted by atomic mass is 35.5. The van der Waals surface area contributed by atoms with Gasteiger partial charge in [-0.2, -0.15) is 0 Å². The van der Waals surface area contributed by atoms with Crippen molar-refractivity contribution in [1.29, 1.82) is 0 Å². The molecule has 39 heavy (non-hydrogen) atoms. The Hall–Kier alpha value is -4.25. The molecule has 0 aliphatic heterocycles. The summed E-state index contributed by atoms with van der Waals surface area (Å²) in [7, 11) is 1.55. The zero-order valence-electron chi connectivity index (χ0n) is 21.4. The van der Waals surface area contributed by atoms with Crippen LogP contribution in [0.25, 0.3) is 11.0 Å². The molecular weight excluding hydrogens is 535 g/mol. The van der Waals surface area contributed by atoms with Crippen molar-refractivity contribution in [1.82, 2.24) is 14.9 Å². The Bertz CT molecular complexity index is 1590. The van der Waals surface area contributed by atoms with Gasteiger partial charge in [-0.3, -0.25) is 9.59 Å². The molecule has 0 saturated carbocycles. The van der Waals surface area contributed by atoms with Crippen molar-refractivity contribution in [2.24, 2.45) is 12.5 Å². The van der Waals surface area contributed by atoms with Crippen molar-refractivity contribution in [3.8, 4) is 5.75 Å². The molecule has 204 valence electrons. The predicted octanol–water partition coefficient (Wildman–Crippen LogP) is 6.01. The van der Waals surface area contributed by atoms with Crippen molar-refractivity contribution in [2.45, 2.75) is 27.3 Å². The Labute approximate surface area is 226 Å². The van der Waals surface area contributed by atoms with Gasteiger partial charge in [-0.1, -0.05) is 38.4 Å². The Morgan fingerprint density at radius 1 is 1.08 bits per heavy atom. The molecule has 4 aromatic rings. The van der Waals surface area contributed by atoms with Crippen molar-refractivity contribution in [3.63, 3.8) is 0 Å². The standard InChI is InChI=1S/C27H25ClF3N5O3/c1-27(2,3)25(39)32-12-13-5-6-18(30)23(22(13)31)35-26-34-19-10-17(21(37)11-20(19)36(26)4)24(38)33-16-8-14(28)7-15(29)9-16/h5-11,37H,12H2,1-4H3,(H,32,39)(H,33,38)(H,34,35). The quantitative estimate of drug-likeness (QED) is 0.231. The number of halogens is 4. The van der Waals surface area contributed by atoms with Gasteiger partial charge >= 0.3 is 0 Å². The maximum atomic E-state index is 15.2. The number of aromatic nitrogens is 2. The number of imidazole rings is 1. The molecule has 8 nitrogen and oxygen atoms in total. The molecule has 2 amide bonds. The molecule has 3 aromatic carbocycles. The monoisotopic (exact) mass is 559 g/mol. The number of benzene rings is 3. The van der Waals surface area contributed by atoms with Crippen LogP contribution in [-0.4, -0.2) is 26.5 Å². The van der Waals surface area contributed by atoms with E-state index in [1.807, 2.05) is 0 Å². The summed E-state index contributed by atoms with van der Waals surface area (Å²) in [6.07, 6.45) is 0. The molecule has 12 heteroatoms. The molecular formula is C27H25ClF3N5O3. The van der Waals surface area contributed by atoms with E-state index in [1.54, 1.807) is 27.8 Å². The third kappa shape index (κ3) is 5.93. The summed E-state index contributed by atoms with van der Waals surface area (Å²) < 4.78 is 44.9. The number of anilines is 3. The van der Waals surface area contributed by atoms with Gasteiger partial charge < -0.3 is 25.6 Å². The number of amides is 2. The lowest BCUT2D eigenvalue weighted by molar-refractivity contribution is -0.128.